The molecule has 4 nitrogen and oxygen atoms in total. The molecule has 1 N–H and O–H groups in total. The number of likely N-dealkylation sites (N-methyl/N-ethyl adjacent to an activating group) is 1. The predicted molar refractivity (Wildman–Crippen MR) is 91.3 cm³/mol. The minimum atomic E-state index is 0.258. The molecule has 2 fully saturated rings. The van der Waals surface area contributed by atoms with Gasteiger partial charge in [0.1, 0.15) is 0 Å². The van der Waals surface area contributed by atoms with E-state index in [4.69, 9.17) is 0 Å². The molecule has 1 saturated heterocycles. The highest BCUT2D eigenvalue weighted by Crippen LogP contribution is 2.30. The van der Waals surface area contributed by atoms with Crippen LogP contribution in [-0.4, -0.2) is 66.8 Å². The maximum Gasteiger partial charge on any atom is 0.0558 e. The summed E-state index contributed by atoms with van der Waals surface area (Å²) >= 11 is 0. The Labute approximate surface area is 134 Å². The molecule has 1 aliphatic heterocycles. The van der Waals surface area contributed by atoms with E-state index in [2.05, 4.69) is 45.9 Å². The number of nitrogens with zero attached hydrogens (tertiary/aromatic N) is 3. The van der Waals surface area contributed by atoms with Crippen LogP contribution in [0.2, 0.25) is 0 Å². The summed E-state index contributed by atoms with van der Waals surface area (Å²) in [7, 11) is 0. The zero-order valence-corrected chi connectivity index (χ0v) is 13.7. The summed E-state index contributed by atoms with van der Waals surface area (Å²) in [6, 6.07) is 9.51. The van der Waals surface area contributed by atoms with Crippen LogP contribution < -0.4 is 4.90 Å². The summed E-state index contributed by atoms with van der Waals surface area (Å²) in [4.78, 5) is 7.49. The molecule has 2 aliphatic rings. The highest BCUT2D eigenvalue weighted by Gasteiger charge is 2.29. The molecule has 1 aromatic carbocycles. The molecular formula is C18H29N3O. The van der Waals surface area contributed by atoms with E-state index in [1.54, 1.807) is 0 Å². The lowest BCUT2D eigenvalue weighted by atomic mass is 10.1. The number of hydrogen-bond acceptors (Lipinski definition) is 4. The third-order valence-electron chi connectivity index (χ3n) is 4.98. The third kappa shape index (κ3) is 3.80. The minimum absolute atomic E-state index is 0.258. The van der Waals surface area contributed by atoms with Crippen LogP contribution >= 0.6 is 0 Å². The second-order valence-corrected chi connectivity index (χ2v) is 6.48. The van der Waals surface area contributed by atoms with Crippen LogP contribution in [0.5, 0.6) is 0 Å². The van der Waals surface area contributed by atoms with Crippen molar-refractivity contribution in [3.63, 3.8) is 0 Å². The summed E-state index contributed by atoms with van der Waals surface area (Å²) in [5.41, 5.74) is 2.80. The zero-order valence-electron chi connectivity index (χ0n) is 13.7. The van der Waals surface area contributed by atoms with Crippen molar-refractivity contribution in [1.29, 1.82) is 0 Å². The first kappa shape index (κ1) is 15.8. The third-order valence-corrected chi connectivity index (χ3v) is 4.98. The van der Waals surface area contributed by atoms with E-state index in [1.165, 1.54) is 24.1 Å². The topological polar surface area (TPSA) is 30.0 Å². The highest BCUT2D eigenvalue weighted by molar-refractivity contribution is 5.54. The quantitative estimate of drug-likeness (QED) is 0.832. The average molecular weight is 303 g/mol. The number of para-hydroxylation sites is 1. The molecule has 0 radical (unpaired) electrons. The Bertz CT molecular complexity index is 467. The highest BCUT2D eigenvalue weighted by atomic mass is 16.3. The van der Waals surface area contributed by atoms with Crippen LogP contribution in [0, 0.1) is 0 Å². The molecule has 1 heterocycles. The molecule has 1 saturated carbocycles. The van der Waals surface area contributed by atoms with E-state index >= 15 is 0 Å². The van der Waals surface area contributed by atoms with Gasteiger partial charge in [0.2, 0.25) is 0 Å². The van der Waals surface area contributed by atoms with Crippen molar-refractivity contribution in [2.45, 2.75) is 32.4 Å². The molecule has 0 unspecified atom stereocenters. The van der Waals surface area contributed by atoms with Crippen LogP contribution in [0.3, 0.4) is 0 Å². The summed E-state index contributed by atoms with van der Waals surface area (Å²) in [5, 5.41) is 9.31. The zero-order chi connectivity index (χ0) is 15.4. The molecule has 3 rings (SSSR count). The number of aliphatic hydroxyl groups is 1. The lowest BCUT2D eigenvalue weighted by Gasteiger charge is -2.37. The predicted octanol–water partition coefficient (Wildman–Crippen LogP) is 1.79. The van der Waals surface area contributed by atoms with Crippen molar-refractivity contribution in [1.82, 2.24) is 9.80 Å². The molecule has 0 atom stereocenters. The molecule has 4 heteroatoms. The SMILES string of the molecule is CCN1CCN(c2ccccc2CN(CCO)C2CC2)CC1. The van der Waals surface area contributed by atoms with Gasteiger partial charge in [-0.1, -0.05) is 25.1 Å². The van der Waals surface area contributed by atoms with Crippen LogP contribution in [0.25, 0.3) is 0 Å². The second-order valence-electron chi connectivity index (χ2n) is 6.48. The molecule has 0 aromatic heterocycles. The summed E-state index contributed by atoms with van der Waals surface area (Å²) in [5.74, 6) is 0. The Kier molecular flexibility index (Phi) is 5.34. The Morgan fingerprint density at radius 1 is 1.14 bits per heavy atom. The Balaban J connectivity index is 1.69. The van der Waals surface area contributed by atoms with Crippen molar-refractivity contribution < 1.29 is 5.11 Å². The van der Waals surface area contributed by atoms with Crippen molar-refractivity contribution in [3.8, 4) is 0 Å². The fourth-order valence-corrected chi connectivity index (χ4v) is 3.44. The van der Waals surface area contributed by atoms with E-state index in [1.807, 2.05) is 0 Å². The molecule has 122 valence electrons. The molecule has 0 spiro atoms. The summed E-state index contributed by atoms with van der Waals surface area (Å²) in [6.07, 6.45) is 2.58. The van der Waals surface area contributed by atoms with Gasteiger partial charge >= 0.3 is 0 Å². The number of benzene rings is 1. The lowest BCUT2D eigenvalue weighted by molar-refractivity contribution is 0.183. The van der Waals surface area contributed by atoms with Crippen LogP contribution in [0.1, 0.15) is 25.3 Å². The maximum absolute atomic E-state index is 9.31. The van der Waals surface area contributed by atoms with E-state index in [0.29, 0.717) is 6.04 Å². The van der Waals surface area contributed by atoms with Crippen LogP contribution in [-0.2, 0) is 6.54 Å². The van der Waals surface area contributed by atoms with Gasteiger partial charge < -0.3 is 14.9 Å². The average Bonchev–Trinajstić information content (AvgIpc) is 3.40. The van der Waals surface area contributed by atoms with Gasteiger partial charge in [-0.05, 0) is 31.0 Å². The molecule has 0 amide bonds. The second kappa shape index (κ2) is 7.44. The molecule has 22 heavy (non-hydrogen) atoms. The van der Waals surface area contributed by atoms with E-state index in [9.17, 15) is 5.11 Å². The molecule has 1 aromatic rings. The van der Waals surface area contributed by atoms with Crippen molar-refractivity contribution >= 4 is 5.69 Å². The first-order chi connectivity index (χ1) is 10.8. The van der Waals surface area contributed by atoms with Gasteiger partial charge in [-0.15, -0.1) is 0 Å². The van der Waals surface area contributed by atoms with Crippen molar-refractivity contribution in [2.75, 3.05) is 50.8 Å². The fraction of sp³-hybridized carbons (Fsp3) is 0.667. The number of aliphatic hydroxyl groups excluding tert-OH is 1. The van der Waals surface area contributed by atoms with Gasteiger partial charge in [0, 0.05) is 51.0 Å². The standard InChI is InChI=1S/C18H29N3O/c1-2-19-9-11-20(12-10-19)18-6-4-3-5-16(18)15-21(13-14-22)17-7-8-17/h3-6,17,22H,2,7-15H2,1H3. The number of hydrogen-bond donors (Lipinski definition) is 1. The van der Waals surface area contributed by atoms with Crippen LogP contribution in [0.15, 0.2) is 24.3 Å². The first-order valence-corrected chi connectivity index (χ1v) is 8.72. The van der Waals surface area contributed by atoms with Gasteiger partial charge in [-0.3, -0.25) is 4.90 Å². The minimum Gasteiger partial charge on any atom is -0.395 e. The Hall–Kier alpha value is -1.10. The molecule has 1 aliphatic carbocycles. The Morgan fingerprint density at radius 3 is 2.50 bits per heavy atom. The number of anilines is 1. The van der Waals surface area contributed by atoms with Gasteiger partial charge in [0.05, 0.1) is 6.61 Å². The monoisotopic (exact) mass is 303 g/mol. The van der Waals surface area contributed by atoms with Gasteiger partial charge in [-0.2, -0.15) is 0 Å². The molecular weight excluding hydrogens is 274 g/mol. The van der Waals surface area contributed by atoms with E-state index < -0.39 is 0 Å². The maximum atomic E-state index is 9.31. The van der Waals surface area contributed by atoms with Crippen molar-refractivity contribution in [2.24, 2.45) is 0 Å². The van der Waals surface area contributed by atoms with Gasteiger partial charge in [-0.25, -0.2) is 0 Å². The summed E-state index contributed by atoms with van der Waals surface area (Å²) < 4.78 is 0. The fourth-order valence-electron chi connectivity index (χ4n) is 3.44. The first-order valence-electron chi connectivity index (χ1n) is 8.72. The number of piperazine rings is 1. The van der Waals surface area contributed by atoms with E-state index in [0.717, 1.165) is 45.8 Å². The van der Waals surface area contributed by atoms with Crippen LogP contribution in [0.4, 0.5) is 5.69 Å². The van der Waals surface area contributed by atoms with E-state index in [-0.39, 0.29) is 6.61 Å². The Morgan fingerprint density at radius 2 is 1.86 bits per heavy atom. The number of rotatable bonds is 7. The lowest BCUT2D eigenvalue weighted by Crippen LogP contribution is -2.46. The van der Waals surface area contributed by atoms with Gasteiger partial charge in [0.25, 0.3) is 0 Å². The largest absolute Gasteiger partial charge is 0.395 e. The molecule has 0 bridgehead atoms. The smallest absolute Gasteiger partial charge is 0.0558 e. The summed E-state index contributed by atoms with van der Waals surface area (Å²) in [6.45, 7) is 9.98. The van der Waals surface area contributed by atoms with Crippen molar-refractivity contribution in [3.05, 3.63) is 29.8 Å². The normalized spacial score (nSPS) is 19.9. The van der Waals surface area contributed by atoms with Gasteiger partial charge in [0.15, 0.2) is 0 Å².